The Morgan fingerprint density at radius 1 is 1.24 bits per heavy atom. The molecule has 0 aromatic heterocycles. The summed E-state index contributed by atoms with van der Waals surface area (Å²) in [7, 11) is 0. The third kappa shape index (κ3) is 4.07. The van der Waals surface area contributed by atoms with Crippen molar-refractivity contribution in [3.05, 3.63) is 29.8 Å². The zero-order chi connectivity index (χ0) is 14.8. The minimum atomic E-state index is -0.0182. The molecule has 0 heterocycles. The van der Waals surface area contributed by atoms with Crippen molar-refractivity contribution in [3.63, 3.8) is 0 Å². The van der Waals surface area contributed by atoms with Gasteiger partial charge in [0.05, 0.1) is 0 Å². The molecule has 0 bridgehead atoms. The van der Waals surface area contributed by atoms with Gasteiger partial charge in [0.2, 0.25) is 5.91 Å². The molecule has 2 fully saturated rings. The van der Waals surface area contributed by atoms with Crippen molar-refractivity contribution >= 4 is 11.6 Å². The van der Waals surface area contributed by atoms with Crippen molar-refractivity contribution in [2.24, 2.45) is 17.8 Å². The van der Waals surface area contributed by atoms with Crippen LogP contribution in [0, 0.1) is 17.8 Å². The lowest BCUT2D eigenvalue weighted by Gasteiger charge is -2.21. The largest absolute Gasteiger partial charge is 0.326 e. The van der Waals surface area contributed by atoms with Crippen LogP contribution in [0.2, 0.25) is 0 Å². The fourth-order valence-electron chi connectivity index (χ4n) is 3.29. The minimum Gasteiger partial charge on any atom is -0.326 e. The number of carbonyl (C=O) groups is 1. The Hall–Kier alpha value is -1.35. The van der Waals surface area contributed by atoms with E-state index in [1.54, 1.807) is 6.92 Å². The zero-order valence-corrected chi connectivity index (χ0v) is 13.1. The summed E-state index contributed by atoms with van der Waals surface area (Å²) < 4.78 is 0. The van der Waals surface area contributed by atoms with Crippen LogP contribution in [-0.4, -0.2) is 12.5 Å². The van der Waals surface area contributed by atoms with Crippen molar-refractivity contribution in [2.75, 3.05) is 11.9 Å². The molecule has 2 saturated carbocycles. The highest BCUT2D eigenvalue weighted by molar-refractivity contribution is 5.88. The van der Waals surface area contributed by atoms with Gasteiger partial charge in [-0.2, -0.15) is 0 Å². The fraction of sp³-hybridized carbons (Fsp3) is 0.611. The molecular weight excluding hydrogens is 260 g/mol. The van der Waals surface area contributed by atoms with E-state index in [1.807, 2.05) is 12.1 Å². The Balaban J connectivity index is 1.56. The van der Waals surface area contributed by atoms with Gasteiger partial charge in [-0.05, 0) is 74.6 Å². The number of carbonyl (C=O) groups excluding carboxylic acids is 1. The van der Waals surface area contributed by atoms with Crippen LogP contribution >= 0.6 is 0 Å². The molecule has 3 rings (SSSR count). The third-order valence-electron chi connectivity index (χ3n) is 4.82. The van der Waals surface area contributed by atoms with Crippen LogP contribution in [0.3, 0.4) is 0 Å². The normalized spacial score (nSPS) is 19.6. The summed E-state index contributed by atoms with van der Waals surface area (Å²) in [4.78, 5) is 11.1. The van der Waals surface area contributed by atoms with E-state index in [1.165, 1.54) is 31.2 Å². The van der Waals surface area contributed by atoms with Crippen molar-refractivity contribution in [1.29, 1.82) is 0 Å². The highest BCUT2D eigenvalue weighted by Gasteiger charge is 2.41. The van der Waals surface area contributed by atoms with Crippen LogP contribution in [-0.2, 0) is 4.79 Å². The first kappa shape index (κ1) is 14.6. The summed E-state index contributed by atoms with van der Waals surface area (Å²) in [5.74, 6) is 2.85. The van der Waals surface area contributed by atoms with Crippen LogP contribution in [0.15, 0.2) is 24.3 Å². The van der Waals surface area contributed by atoms with Crippen LogP contribution < -0.4 is 10.6 Å². The molecule has 1 atom stereocenters. The lowest BCUT2D eigenvalue weighted by Crippen LogP contribution is -2.28. The predicted molar refractivity (Wildman–Crippen MR) is 86.1 cm³/mol. The topological polar surface area (TPSA) is 41.1 Å². The summed E-state index contributed by atoms with van der Waals surface area (Å²) in [6.45, 7) is 4.90. The van der Waals surface area contributed by atoms with Gasteiger partial charge >= 0.3 is 0 Å². The lowest BCUT2D eigenvalue weighted by atomic mass is 9.97. The van der Waals surface area contributed by atoms with Gasteiger partial charge < -0.3 is 10.6 Å². The molecule has 2 N–H and O–H groups in total. The molecular formula is C18H26N2O. The Morgan fingerprint density at radius 2 is 1.90 bits per heavy atom. The maximum atomic E-state index is 11.1. The summed E-state index contributed by atoms with van der Waals surface area (Å²) in [6, 6.07) is 8.49. The van der Waals surface area contributed by atoms with E-state index in [0.29, 0.717) is 6.04 Å². The standard InChI is InChI=1S/C18H26N2O/c1-12(16-4-3-5-17(10-16)20-13(2)21)19-11-18(14-6-7-14)15-8-9-15/h3-5,10,12,14-15,18-19H,6-9,11H2,1-2H3,(H,20,21). The van der Waals surface area contributed by atoms with Gasteiger partial charge in [-0.1, -0.05) is 12.1 Å². The van der Waals surface area contributed by atoms with E-state index in [4.69, 9.17) is 0 Å². The van der Waals surface area contributed by atoms with E-state index >= 15 is 0 Å². The molecule has 1 unspecified atom stereocenters. The fourth-order valence-corrected chi connectivity index (χ4v) is 3.29. The number of benzene rings is 1. The van der Waals surface area contributed by atoms with Crippen molar-refractivity contribution in [1.82, 2.24) is 5.32 Å². The van der Waals surface area contributed by atoms with E-state index in [0.717, 1.165) is 30.0 Å². The quantitative estimate of drug-likeness (QED) is 0.802. The highest BCUT2D eigenvalue weighted by atomic mass is 16.1. The van der Waals surface area contributed by atoms with Gasteiger partial charge in [-0.15, -0.1) is 0 Å². The maximum absolute atomic E-state index is 11.1. The average molecular weight is 286 g/mol. The molecule has 3 nitrogen and oxygen atoms in total. The van der Waals surface area contributed by atoms with E-state index in [-0.39, 0.29) is 5.91 Å². The van der Waals surface area contributed by atoms with E-state index < -0.39 is 0 Å². The average Bonchev–Trinajstić information content (AvgIpc) is 3.32. The second-order valence-corrected chi connectivity index (χ2v) is 6.78. The molecule has 2 aliphatic carbocycles. The smallest absolute Gasteiger partial charge is 0.221 e. The monoisotopic (exact) mass is 286 g/mol. The van der Waals surface area contributed by atoms with Crippen LogP contribution in [0.1, 0.15) is 51.1 Å². The first-order chi connectivity index (χ1) is 10.1. The number of hydrogen-bond acceptors (Lipinski definition) is 2. The predicted octanol–water partition coefficient (Wildman–Crippen LogP) is 3.73. The van der Waals surface area contributed by atoms with Crippen molar-refractivity contribution in [3.8, 4) is 0 Å². The van der Waals surface area contributed by atoms with Gasteiger partial charge in [-0.25, -0.2) is 0 Å². The first-order valence-corrected chi connectivity index (χ1v) is 8.24. The molecule has 21 heavy (non-hydrogen) atoms. The molecule has 2 aliphatic rings. The molecule has 1 amide bonds. The zero-order valence-electron chi connectivity index (χ0n) is 13.1. The highest BCUT2D eigenvalue weighted by Crippen LogP contribution is 2.49. The number of anilines is 1. The number of hydrogen-bond donors (Lipinski definition) is 2. The van der Waals surface area contributed by atoms with E-state index in [9.17, 15) is 4.79 Å². The second-order valence-electron chi connectivity index (χ2n) is 6.78. The van der Waals surface area contributed by atoms with Crippen molar-refractivity contribution in [2.45, 2.75) is 45.6 Å². The molecule has 1 aromatic carbocycles. The number of amides is 1. The second kappa shape index (κ2) is 6.18. The molecule has 0 spiro atoms. The summed E-state index contributed by atoms with van der Waals surface area (Å²) in [5.41, 5.74) is 2.13. The Labute approximate surface area is 127 Å². The van der Waals surface area contributed by atoms with Crippen LogP contribution in [0.4, 0.5) is 5.69 Å². The number of rotatable bonds is 7. The van der Waals surface area contributed by atoms with Gasteiger partial charge in [0.15, 0.2) is 0 Å². The molecule has 1 aromatic rings. The molecule has 0 radical (unpaired) electrons. The molecule has 0 saturated heterocycles. The molecule has 114 valence electrons. The van der Waals surface area contributed by atoms with Gasteiger partial charge in [0.25, 0.3) is 0 Å². The first-order valence-electron chi connectivity index (χ1n) is 8.24. The summed E-state index contributed by atoms with van der Waals surface area (Å²) >= 11 is 0. The maximum Gasteiger partial charge on any atom is 0.221 e. The minimum absolute atomic E-state index is 0.0182. The lowest BCUT2D eigenvalue weighted by molar-refractivity contribution is -0.114. The van der Waals surface area contributed by atoms with Crippen molar-refractivity contribution < 1.29 is 4.79 Å². The summed E-state index contributed by atoms with van der Waals surface area (Å²) in [6.07, 6.45) is 5.76. The van der Waals surface area contributed by atoms with Crippen LogP contribution in [0.5, 0.6) is 0 Å². The Morgan fingerprint density at radius 3 is 2.48 bits per heavy atom. The van der Waals surface area contributed by atoms with Crippen LogP contribution in [0.25, 0.3) is 0 Å². The molecule has 0 aliphatic heterocycles. The number of nitrogens with one attached hydrogen (secondary N) is 2. The van der Waals surface area contributed by atoms with E-state index in [2.05, 4.69) is 29.7 Å². The summed E-state index contributed by atoms with van der Waals surface area (Å²) in [5, 5.41) is 6.56. The Bertz CT molecular complexity index is 494. The molecule has 3 heteroatoms. The SMILES string of the molecule is CC(=O)Nc1cccc(C(C)NCC(C2CC2)C2CC2)c1. The van der Waals surface area contributed by atoms with Gasteiger partial charge in [0.1, 0.15) is 0 Å². The van der Waals surface area contributed by atoms with Gasteiger partial charge in [-0.3, -0.25) is 4.79 Å². The third-order valence-corrected chi connectivity index (χ3v) is 4.82. The van der Waals surface area contributed by atoms with Gasteiger partial charge in [0, 0.05) is 18.7 Å². The Kier molecular flexibility index (Phi) is 4.29.